The molecule has 2 aliphatic heterocycles. The second-order valence-corrected chi connectivity index (χ2v) is 3.64. The molecule has 0 bridgehead atoms. The van der Waals surface area contributed by atoms with Crippen LogP contribution >= 0.6 is 0 Å². The van der Waals surface area contributed by atoms with Gasteiger partial charge in [0, 0.05) is 19.1 Å². The van der Waals surface area contributed by atoms with E-state index in [1.165, 1.54) is 6.26 Å². The fourth-order valence-corrected chi connectivity index (χ4v) is 1.54. The Morgan fingerprint density at radius 3 is 3.12 bits per heavy atom. The molecular formula is C10H16N2O4. The average Bonchev–Trinajstić information content (AvgIpc) is 2.38. The van der Waals surface area contributed by atoms with Gasteiger partial charge in [-0.1, -0.05) is 0 Å². The van der Waals surface area contributed by atoms with Gasteiger partial charge in [0.1, 0.15) is 19.5 Å². The van der Waals surface area contributed by atoms with E-state index < -0.39 is 0 Å². The average molecular weight is 228 g/mol. The molecule has 1 unspecified atom stereocenters. The first-order valence-electron chi connectivity index (χ1n) is 5.40. The Morgan fingerprint density at radius 2 is 2.44 bits per heavy atom. The number of carbonyl (C=O) groups excluding carboxylic acids is 1. The number of amides is 1. The summed E-state index contributed by atoms with van der Waals surface area (Å²) in [6.45, 7) is 3.62. The van der Waals surface area contributed by atoms with Crippen molar-refractivity contribution < 1.29 is 19.0 Å². The van der Waals surface area contributed by atoms with Crippen molar-refractivity contribution in [1.29, 1.82) is 0 Å². The number of nitrogens with one attached hydrogen (secondary N) is 2. The van der Waals surface area contributed by atoms with Crippen LogP contribution in [0.5, 0.6) is 0 Å². The minimum absolute atomic E-state index is 0.169. The Balaban J connectivity index is 1.72. The molecule has 1 amide bonds. The van der Waals surface area contributed by atoms with Crippen LogP contribution in [0.1, 0.15) is 0 Å². The third kappa shape index (κ3) is 3.11. The fourth-order valence-electron chi connectivity index (χ4n) is 1.54. The third-order valence-electron chi connectivity index (χ3n) is 2.38. The highest BCUT2D eigenvalue weighted by Crippen LogP contribution is 2.03. The number of morpholine rings is 1. The van der Waals surface area contributed by atoms with Crippen molar-refractivity contribution >= 4 is 5.91 Å². The maximum absolute atomic E-state index is 11.6. The first-order valence-corrected chi connectivity index (χ1v) is 5.40. The second kappa shape index (κ2) is 5.72. The molecule has 2 aliphatic rings. The summed E-state index contributed by atoms with van der Waals surface area (Å²) in [5, 5.41) is 6.01. The van der Waals surface area contributed by atoms with Gasteiger partial charge in [-0.25, -0.2) is 0 Å². The maximum Gasteiger partial charge on any atom is 0.289 e. The monoisotopic (exact) mass is 228 g/mol. The zero-order chi connectivity index (χ0) is 11.2. The molecule has 1 fully saturated rings. The van der Waals surface area contributed by atoms with Crippen LogP contribution in [-0.2, 0) is 19.0 Å². The molecule has 0 radical (unpaired) electrons. The lowest BCUT2D eigenvalue weighted by atomic mass is 10.3. The summed E-state index contributed by atoms with van der Waals surface area (Å²) in [7, 11) is 0. The largest absolute Gasteiger partial charge is 0.494 e. The number of hydrogen-bond donors (Lipinski definition) is 2. The lowest BCUT2D eigenvalue weighted by Crippen LogP contribution is -2.48. The lowest BCUT2D eigenvalue weighted by molar-refractivity contribution is -0.122. The first-order chi connectivity index (χ1) is 7.86. The van der Waals surface area contributed by atoms with E-state index in [-0.39, 0.29) is 17.7 Å². The minimum atomic E-state index is -0.243. The van der Waals surface area contributed by atoms with Crippen molar-refractivity contribution in [1.82, 2.24) is 10.6 Å². The van der Waals surface area contributed by atoms with Crippen molar-refractivity contribution in [2.75, 3.05) is 39.5 Å². The van der Waals surface area contributed by atoms with Gasteiger partial charge in [-0.2, -0.15) is 0 Å². The number of rotatable bonds is 3. The van der Waals surface area contributed by atoms with Gasteiger partial charge in [0.05, 0.1) is 13.2 Å². The highest BCUT2D eigenvalue weighted by atomic mass is 16.6. The summed E-state index contributed by atoms with van der Waals surface area (Å²) >= 11 is 0. The molecule has 0 aliphatic carbocycles. The van der Waals surface area contributed by atoms with E-state index in [2.05, 4.69) is 10.6 Å². The van der Waals surface area contributed by atoms with Crippen LogP contribution in [0.15, 0.2) is 12.0 Å². The molecule has 6 nitrogen and oxygen atoms in total. The summed E-state index contributed by atoms with van der Waals surface area (Å²) in [6.07, 6.45) is 1.35. The summed E-state index contributed by atoms with van der Waals surface area (Å²) in [6, 6.07) is 0.169. The quantitative estimate of drug-likeness (QED) is 0.647. The maximum atomic E-state index is 11.6. The lowest BCUT2D eigenvalue weighted by Gasteiger charge is -2.24. The van der Waals surface area contributed by atoms with Gasteiger partial charge < -0.3 is 24.8 Å². The standard InChI is InChI=1S/C10H16N2O4/c13-10(9-7-15-3-4-16-9)12-5-8-6-14-2-1-11-8/h7-8,11H,1-6H2,(H,12,13). The van der Waals surface area contributed by atoms with Crippen LogP contribution in [0.3, 0.4) is 0 Å². The molecular weight excluding hydrogens is 212 g/mol. The van der Waals surface area contributed by atoms with Gasteiger partial charge in [0.25, 0.3) is 5.91 Å². The van der Waals surface area contributed by atoms with Crippen LogP contribution in [0.4, 0.5) is 0 Å². The van der Waals surface area contributed by atoms with Crippen LogP contribution in [0.25, 0.3) is 0 Å². The molecule has 90 valence electrons. The molecule has 0 spiro atoms. The Labute approximate surface area is 93.9 Å². The first kappa shape index (κ1) is 11.2. The molecule has 0 aromatic heterocycles. The molecule has 0 saturated carbocycles. The number of hydrogen-bond acceptors (Lipinski definition) is 5. The number of ether oxygens (including phenoxy) is 3. The summed E-state index contributed by atoms with van der Waals surface area (Å²) in [4.78, 5) is 11.6. The Kier molecular flexibility index (Phi) is 4.01. The molecule has 1 saturated heterocycles. The van der Waals surface area contributed by atoms with Crippen LogP contribution in [0, 0.1) is 0 Å². The van der Waals surface area contributed by atoms with Gasteiger partial charge in [-0.3, -0.25) is 4.79 Å². The molecule has 0 aromatic rings. The van der Waals surface area contributed by atoms with E-state index in [0.717, 1.165) is 13.2 Å². The molecule has 2 rings (SSSR count). The van der Waals surface area contributed by atoms with Gasteiger partial charge >= 0.3 is 0 Å². The molecule has 16 heavy (non-hydrogen) atoms. The predicted octanol–water partition coefficient (Wildman–Crippen LogP) is -1.02. The van der Waals surface area contributed by atoms with Crippen molar-refractivity contribution in [2.24, 2.45) is 0 Å². The SMILES string of the molecule is O=C(NCC1COCCN1)C1=COCCO1. The minimum Gasteiger partial charge on any atom is -0.494 e. The summed E-state index contributed by atoms with van der Waals surface area (Å²) < 4.78 is 15.4. The molecule has 6 heteroatoms. The van der Waals surface area contributed by atoms with Crippen molar-refractivity contribution in [3.8, 4) is 0 Å². The topological polar surface area (TPSA) is 68.8 Å². The number of carbonyl (C=O) groups is 1. The van der Waals surface area contributed by atoms with E-state index in [4.69, 9.17) is 14.2 Å². The van der Waals surface area contributed by atoms with Crippen molar-refractivity contribution in [3.05, 3.63) is 12.0 Å². The molecule has 2 N–H and O–H groups in total. The zero-order valence-corrected chi connectivity index (χ0v) is 9.03. The molecule has 2 heterocycles. The molecule has 1 atom stereocenters. The van der Waals surface area contributed by atoms with Gasteiger partial charge in [-0.15, -0.1) is 0 Å². The highest BCUT2D eigenvalue weighted by molar-refractivity contribution is 5.91. The van der Waals surface area contributed by atoms with E-state index >= 15 is 0 Å². The van der Waals surface area contributed by atoms with Crippen LogP contribution in [-0.4, -0.2) is 51.5 Å². The Bertz CT molecular complexity index is 274. The summed E-state index contributed by atoms with van der Waals surface area (Å²) in [5.74, 6) is -0.00458. The van der Waals surface area contributed by atoms with Gasteiger partial charge in [0.15, 0.2) is 0 Å². The van der Waals surface area contributed by atoms with Crippen LogP contribution < -0.4 is 10.6 Å². The zero-order valence-electron chi connectivity index (χ0n) is 9.03. The van der Waals surface area contributed by atoms with Crippen molar-refractivity contribution in [3.63, 3.8) is 0 Å². The van der Waals surface area contributed by atoms with Gasteiger partial charge in [-0.05, 0) is 0 Å². The van der Waals surface area contributed by atoms with E-state index in [1.54, 1.807) is 0 Å². The smallest absolute Gasteiger partial charge is 0.289 e. The normalized spacial score (nSPS) is 25.0. The van der Waals surface area contributed by atoms with E-state index in [0.29, 0.717) is 26.4 Å². The highest BCUT2D eigenvalue weighted by Gasteiger charge is 2.18. The fraction of sp³-hybridized carbons (Fsp3) is 0.700. The van der Waals surface area contributed by atoms with Crippen molar-refractivity contribution in [2.45, 2.75) is 6.04 Å². The van der Waals surface area contributed by atoms with Crippen LogP contribution in [0.2, 0.25) is 0 Å². The van der Waals surface area contributed by atoms with E-state index in [9.17, 15) is 4.79 Å². The Hall–Kier alpha value is -1.27. The predicted molar refractivity (Wildman–Crippen MR) is 55.6 cm³/mol. The third-order valence-corrected chi connectivity index (χ3v) is 2.38. The second-order valence-electron chi connectivity index (χ2n) is 3.64. The molecule has 0 aromatic carbocycles. The van der Waals surface area contributed by atoms with Gasteiger partial charge in [0.2, 0.25) is 5.76 Å². The van der Waals surface area contributed by atoms with E-state index in [1.807, 2.05) is 0 Å². The Morgan fingerprint density at radius 1 is 1.50 bits per heavy atom. The summed E-state index contributed by atoms with van der Waals surface area (Å²) in [5.41, 5.74) is 0.